The van der Waals surface area contributed by atoms with E-state index in [0.29, 0.717) is 19.8 Å². The van der Waals surface area contributed by atoms with Crippen molar-refractivity contribution in [3.63, 3.8) is 0 Å². The summed E-state index contributed by atoms with van der Waals surface area (Å²) in [5, 5.41) is 0. The fourth-order valence-corrected chi connectivity index (χ4v) is 4.93. The summed E-state index contributed by atoms with van der Waals surface area (Å²) in [5.41, 5.74) is 3.37. The molecule has 3 aromatic carbocycles. The SMILES string of the molecule is C[C@H]1O[C@H](I)[C@H](OCc2ccccc2)[C@@H](OCc2ccccc2)[C@H]1OCc1ccccc1. The lowest BCUT2D eigenvalue weighted by atomic mass is 10.00. The maximum absolute atomic E-state index is 6.48. The molecule has 0 spiro atoms. The van der Waals surface area contributed by atoms with Gasteiger partial charge in [-0.1, -0.05) is 91.0 Å². The average Bonchev–Trinajstić information content (AvgIpc) is 2.83. The van der Waals surface area contributed by atoms with E-state index in [1.165, 1.54) is 0 Å². The van der Waals surface area contributed by atoms with Gasteiger partial charge in [-0.2, -0.15) is 0 Å². The molecule has 1 aliphatic rings. The van der Waals surface area contributed by atoms with Crippen LogP contribution in [0.25, 0.3) is 0 Å². The Labute approximate surface area is 204 Å². The molecule has 168 valence electrons. The predicted molar refractivity (Wildman–Crippen MR) is 133 cm³/mol. The second kappa shape index (κ2) is 11.9. The third-order valence-corrected chi connectivity index (χ3v) is 6.57. The molecule has 0 bridgehead atoms. The molecule has 32 heavy (non-hydrogen) atoms. The molecule has 3 aromatic rings. The topological polar surface area (TPSA) is 36.9 Å². The zero-order chi connectivity index (χ0) is 22.2. The average molecular weight is 544 g/mol. The number of hydrogen-bond acceptors (Lipinski definition) is 4. The minimum Gasteiger partial charge on any atom is -0.368 e. The van der Waals surface area contributed by atoms with Gasteiger partial charge in [-0.25, -0.2) is 0 Å². The molecule has 0 saturated carbocycles. The van der Waals surface area contributed by atoms with Gasteiger partial charge >= 0.3 is 0 Å². The highest BCUT2D eigenvalue weighted by Gasteiger charge is 2.45. The number of hydrogen-bond donors (Lipinski definition) is 0. The van der Waals surface area contributed by atoms with Crippen molar-refractivity contribution in [3.05, 3.63) is 108 Å². The van der Waals surface area contributed by atoms with Gasteiger partial charge in [-0.15, -0.1) is 0 Å². The van der Waals surface area contributed by atoms with Gasteiger partial charge in [0.1, 0.15) is 22.4 Å². The molecule has 1 heterocycles. The lowest BCUT2D eigenvalue weighted by Gasteiger charge is -2.43. The van der Waals surface area contributed by atoms with Crippen LogP contribution in [0.15, 0.2) is 91.0 Å². The van der Waals surface area contributed by atoms with Gasteiger partial charge in [0.15, 0.2) is 0 Å². The van der Waals surface area contributed by atoms with Crippen molar-refractivity contribution >= 4 is 22.6 Å². The fraction of sp³-hybridized carbons (Fsp3) is 0.333. The second-order valence-electron chi connectivity index (χ2n) is 7.98. The van der Waals surface area contributed by atoms with Gasteiger partial charge in [0.05, 0.1) is 25.9 Å². The highest BCUT2D eigenvalue weighted by molar-refractivity contribution is 14.1. The van der Waals surface area contributed by atoms with Crippen LogP contribution in [0.5, 0.6) is 0 Å². The highest BCUT2D eigenvalue weighted by atomic mass is 127. The Bertz CT molecular complexity index is 867. The molecule has 0 unspecified atom stereocenters. The van der Waals surface area contributed by atoms with E-state index < -0.39 is 0 Å². The summed E-state index contributed by atoms with van der Waals surface area (Å²) >= 11 is 2.31. The number of halogens is 1. The first-order valence-electron chi connectivity index (χ1n) is 11.0. The first kappa shape index (κ1) is 23.4. The van der Waals surface area contributed by atoms with Crippen LogP contribution < -0.4 is 0 Å². The van der Waals surface area contributed by atoms with E-state index >= 15 is 0 Å². The third kappa shape index (κ3) is 6.39. The summed E-state index contributed by atoms with van der Waals surface area (Å²) in [5.74, 6) is 0. The van der Waals surface area contributed by atoms with Crippen molar-refractivity contribution < 1.29 is 18.9 Å². The molecular weight excluding hydrogens is 515 g/mol. The quantitative estimate of drug-likeness (QED) is 0.248. The molecule has 4 rings (SSSR count). The van der Waals surface area contributed by atoms with Gasteiger partial charge in [0.2, 0.25) is 0 Å². The molecule has 0 N–H and O–H groups in total. The Balaban J connectivity index is 1.50. The van der Waals surface area contributed by atoms with Crippen LogP contribution in [0.3, 0.4) is 0 Å². The maximum Gasteiger partial charge on any atom is 0.138 e. The van der Waals surface area contributed by atoms with Crippen molar-refractivity contribution in [3.8, 4) is 0 Å². The zero-order valence-corrected chi connectivity index (χ0v) is 20.3. The Kier molecular flexibility index (Phi) is 8.70. The monoisotopic (exact) mass is 544 g/mol. The fourth-order valence-electron chi connectivity index (χ4n) is 3.85. The molecule has 0 amide bonds. The van der Waals surface area contributed by atoms with E-state index in [-0.39, 0.29) is 28.5 Å². The summed E-state index contributed by atoms with van der Waals surface area (Å²) in [4.78, 5) is 0. The summed E-state index contributed by atoms with van der Waals surface area (Å²) in [6, 6.07) is 30.6. The van der Waals surface area contributed by atoms with Crippen molar-refractivity contribution in [1.82, 2.24) is 0 Å². The van der Waals surface area contributed by atoms with Gasteiger partial charge in [-0.05, 0) is 46.2 Å². The highest BCUT2D eigenvalue weighted by Crippen LogP contribution is 2.32. The second-order valence-corrected chi connectivity index (χ2v) is 9.20. The van der Waals surface area contributed by atoms with Gasteiger partial charge in [0, 0.05) is 0 Å². The first-order valence-corrected chi connectivity index (χ1v) is 12.2. The van der Waals surface area contributed by atoms with Crippen molar-refractivity contribution in [1.29, 1.82) is 0 Å². The molecule has 0 radical (unpaired) electrons. The van der Waals surface area contributed by atoms with Crippen LogP contribution in [-0.2, 0) is 38.8 Å². The maximum atomic E-state index is 6.48. The molecule has 1 saturated heterocycles. The standard InChI is InChI=1S/C27H29IO4/c1-20-24(29-17-21-11-5-2-6-12-21)25(30-18-22-13-7-3-8-14-22)26(27(28)32-20)31-19-23-15-9-4-10-16-23/h2-16,20,24-27H,17-19H2,1H3/t20-,24+,25+,26-,27+/m1/s1. The molecule has 1 aliphatic heterocycles. The lowest BCUT2D eigenvalue weighted by Crippen LogP contribution is -2.57. The zero-order valence-electron chi connectivity index (χ0n) is 18.2. The summed E-state index contributed by atoms with van der Waals surface area (Å²) < 4.78 is 25.3. The number of benzene rings is 3. The predicted octanol–water partition coefficient (Wildman–Crippen LogP) is 5.92. The molecule has 0 aromatic heterocycles. The minimum absolute atomic E-state index is 0.113. The molecule has 4 nitrogen and oxygen atoms in total. The van der Waals surface area contributed by atoms with Crippen molar-refractivity contribution in [2.24, 2.45) is 0 Å². The summed E-state index contributed by atoms with van der Waals surface area (Å²) in [6.45, 7) is 3.55. The van der Waals surface area contributed by atoms with Crippen LogP contribution in [0.1, 0.15) is 23.6 Å². The molecular formula is C27H29IO4. The first-order chi connectivity index (χ1) is 15.7. The van der Waals surface area contributed by atoms with E-state index in [2.05, 4.69) is 59.0 Å². The van der Waals surface area contributed by atoms with Gasteiger partial charge in [-0.3, -0.25) is 0 Å². The van der Waals surface area contributed by atoms with Crippen molar-refractivity contribution in [2.45, 2.75) is 55.3 Å². The van der Waals surface area contributed by atoms with Crippen molar-refractivity contribution in [2.75, 3.05) is 0 Å². The van der Waals surface area contributed by atoms with E-state index in [1.54, 1.807) is 0 Å². The lowest BCUT2D eigenvalue weighted by molar-refractivity contribution is -0.239. The van der Waals surface area contributed by atoms with Crippen LogP contribution in [0.4, 0.5) is 0 Å². The van der Waals surface area contributed by atoms with Crippen LogP contribution in [0, 0.1) is 0 Å². The minimum atomic E-state index is -0.256. The molecule has 5 heteroatoms. The Hall–Kier alpha value is -1.77. The van der Waals surface area contributed by atoms with Crippen LogP contribution in [-0.4, -0.2) is 28.5 Å². The molecule has 1 fully saturated rings. The van der Waals surface area contributed by atoms with E-state index in [9.17, 15) is 0 Å². The number of rotatable bonds is 9. The summed E-state index contributed by atoms with van der Waals surface area (Å²) in [7, 11) is 0. The van der Waals surface area contributed by atoms with E-state index in [1.807, 2.05) is 61.5 Å². The molecule has 0 aliphatic carbocycles. The molecule has 5 atom stereocenters. The normalized spacial score (nSPS) is 25.5. The Morgan fingerprint density at radius 2 is 0.969 bits per heavy atom. The van der Waals surface area contributed by atoms with Crippen LogP contribution in [0.2, 0.25) is 0 Å². The smallest absolute Gasteiger partial charge is 0.138 e. The van der Waals surface area contributed by atoms with E-state index in [4.69, 9.17) is 18.9 Å². The Morgan fingerprint density at radius 1 is 0.594 bits per heavy atom. The summed E-state index contributed by atoms with van der Waals surface area (Å²) in [6.07, 6.45) is -0.867. The number of ether oxygens (including phenoxy) is 4. The van der Waals surface area contributed by atoms with Gasteiger partial charge < -0.3 is 18.9 Å². The van der Waals surface area contributed by atoms with Gasteiger partial charge in [0.25, 0.3) is 0 Å². The van der Waals surface area contributed by atoms with Crippen LogP contribution >= 0.6 is 22.6 Å². The number of alkyl halides is 1. The largest absolute Gasteiger partial charge is 0.368 e. The van der Waals surface area contributed by atoms with E-state index in [0.717, 1.165) is 16.7 Å². The third-order valence-electron chi connectivity index (χ3n) is 5.57. The Morgan fingerprint density at radius 3 is 1.41 bits per heavy atom.